The number of halogens is 1. The average molecular weight is 591 g/mol. The molecule has 0 aliphatic heterocycles. The second kappa shape index (κ2) is 14.3. The van der Waals surface area contributed by atoms with Gasteiger partial charge < -0.3 is 14.6 Å². The first-order valence-corrected chi connectivity index (χ1v) is 14.9. The number of nitrogens with one attached hydrogen (secondary N) is 1. The van der Waals surface area contributed by atoms with Crippen LogP contribution in [0.5, 0.6) is 5.75 Å². The summed E-state index contributed by atoms with van der Waals surface area (Å²) in [6.07, 6.45) is 6.02. The largest absolute Gasteiger partial charge is 0.493 e. The zero-order valence-corrected chi connectivity index (χ0v) is 25.0. The summed E-state index contributed by atoms with van der Waals surface area (Å²) in [6, 6.07) is 22.4. The van der Waals surface area contributed by atoms with Gasteiger partial charge in [-0.1, -0.05) is 60.5 Å². The highest BCUT2D eigenvalue weighted by molar-refractivity contribution is 9.10. The van der Waals surface area contributed by atoms with Gasteiger partial charge in [0.2, 0.25) is 0 Å². The van der Waals surface area contributed by atoms with E-state index in [1.807, 2.05) is 24.3 Å². The number of aryl methyl sites for hydroxylation is 3. The first kappa shape index (κ1) is 28.9. The second-order valence-electron chi connectivity index (χ2n) is 10.5. The van der Waals surface area contributed by atoms with E-state index >= 15 is 0 Å². The van der Waals surface area contributed by atoms with E-state index in [4.69, 9.17) is 9.72 Å². The fourth-order valence-corrected chi connectivity index (χ4v) is 5.12. The summed E-state index contributed by atoms with van der Waals surface area (Å²) in [5.74, 6) is 2.60. The normalized spacial score (nSPS) is 11.3. The van der Waals surface area contributed by atoms with Gasteiger partial charge in [0.05, 0.1) is 17.6 Å². The summed E-state index contributed by atoms with van der Waals surface area (Å²) in [6.45, 7) is 8.88. The molecule has 0 spiro atoms. The van der Waals surface area contributed by atoms with Crippen molar-refractivity contribution in [3.63, 3.8) is 0 Å². The van der Waals surface area contributed by atoms with E-state index < -0.39 is 0 Å². The smallest absolute Gasteiger partial charge is 0.251 e. The van der Waals surface area contributed by atoms with Gasteiger partial charge in [-0.3, -0.25) is 4.79 Å². The third-order valence-electron chi connectivity index (χ3n) is 7.03. The maximum Gasteiger partial charge on any atom is 0.251 e. The molecule has 4 aromatic rings. The van der Waals surface area contributed by atoms with Gasteiger partial charge in [-0.15, -0.1) is 0 Å². The molecular formula is C33H40BrN3O2. The Morgan fingerprint density at radius 1 is 0.974 bits per heavy atom. The first-order valence-electron chi connectivity index (χ1n) is 14.1. The lowest BCUT2D eigenvalue weighted by molar-refractivity contribution is 0.0953. The molecule has 0 aliphatic carbocycles. The van der Waals surface area contributed by atoms with Gasteiger partial charge in [0.15, 0.2) is 0 Å². The minimum atomic E-state index is -0.0175. The van der Waals surface area contributed by atoms with Crippen molar-refractivity contribution in [3.05, 3.63) is 93.7 Å². The van der Waals surface area contributed by atoms with E-state index in [9.17, 15) is 4.79 Å². The van der Waals surface area contributed by atoms with E-state index in [2.05, 4.69) is 89.0 Å². The number of fused-ring (bicyclic) bond motifs is 1. The van der Waals surface area contributed by atoms with Crippen molar-refractivity contribution < 1.29 is 9.53 Å². The van der Waals surface area contributed by atoms with Gasteiger partial charge in [-0.05, 0) is 92.1 Å². The molecule has 0 radical (unpaired) electrons. The number of amides is 1. The number of imidazole rings is 1. The summed E-state index contributed by atoms with van der Waals surface area (Å²) in [5, 5.41) is 3.03. The maximum absolute atomic E-state index is 12.3. The number of carbonyl (C=O) groups is 1. The quantitative estimate of drug-likeness (QED) is 0.151. The molecular weight excluding hydrogens is 550 g/mol. The van der Waals surface area contributed by atoms with Gasteiger partial charge in [0.25, 0.3) is 5.91 Å². The Bertz CT molecular complexity index is 1360. The zero-order valence-electron chi connectivity index (χ0n) is 23.4. The molecule has 3 aromatic carbocycles. The molecule has 6 heteroatoms. The number of ether oxygens (including phenoxy) is 1. The molecule has 5 nitrogen and oxygen atoms in total. The number of carbonyl (C=O) groups excluding carboxylic acids is 1. The highest BCUT2D eigenvalue weighted by atomic mass is 79.9. The number of rotatable bonds is 14. The van der Waals surface area contributed by atoms with Crippen molar-refractivity contribution in [2.75, 3.05) is 13.2 Å². The van der Waals surface area contributed by atoms with Crippen LogP contribution in [0, 0.1) is 6.92 Å². The lowest BCUT2D eigenvalue weighted by Crippen LogP contribution is -2.24. The number of unbranched alkanes of at least 4 members (excludes halogenated alkanes) is 3. The Kier molecular flexibility index (Phi) is 10.6. The number of hydrogen-bond acceptors (Lipinski definition) is 3. The summed E-state index contributed by atoms with van der Waals surface area (Å²) >= 11 is 3.40. The molecule has 1 heterocycles. The Hall–Kier alpha value is -3.12. The second-order valence-corrected chi connectivity index (χ2v) is 11.4. The van der Waals surface area contributed by atoms with Crippen molar-refractivity contribution in [1.82, 2.24) is 14.9 Å². The molecule has 4 rings (SSSR count). The molecule has 0 aliphatic rings. The van der Waals surface area contributed by atoms with Gasteiger partial charge in [-0.2, -0.15) is 0 Å². The van der Waals surface area contributed by atoms with Crippen LogP contribution < -0.4 is 10.1 Å². The first-order chi connectivity index (χ1) is 18.9. The lowest BCUT2D eigenvalue weighted by atomic mass is 10.0. The number of hydrogen-bond donors (Lipinski definition) is 1. The van der Waals surface area contributed by atoms with E-state index in [1.165, 1.54) is 16.6 Å². The molecule has 0 atom stereocenters. The predicted octanol–water partition coefficient (Wildman–Crippen LogP) is 8.23. The number of para-hydroxylation sites is 2. The SMILES string of the molecule is Cc1ccc(C(C)C)c(OCCCCn2c(CCCCCNC(=O)c3ccc(Br)cc3)nc3ccccc32)c1. The van der Waals surface area contributed by atoms with Crippen LogP contribution in [0.1, 0.15) is 79.2 Å². The van der Waals surface area contributed by atoms with Crippen LogP contribution in [0.3, 0.4) is 0 Å². The molecule has 1 amide bonds. The summed E-state index contributed by atoms with van der Waals surface area (Å²) < 4.78 is 9.57. The van der Waals surface area contributed by atoms with Crippen LogP contribution >= 0.6 is 15.9 Å². The van der Waals surface area contributed by atoms with Gasteiger partial charge in [0, 0.05) is 29.5 Å². The van der Waals surface area contributed by atoms with E-state index in [0.717, 1.165) is 73.2 Å². The van der Waals surface area contributed by atoms with Crippen molar-refractivity contribution in [1.29, 1.82) is 0 Å². The minimum Gasteiger partial charge on any atom is -0.493 e. The van der Waals surface area contributed by atoms with Crippen molar-refractivity contribution in [2.24, 2.45) is 0 Å². The summed E-state index contributed by atoms with van der Waals surface area (Å²) in [4.78, 5) is 17.2. The fraction of sp³-hybridized carbons (Fsp3) is 0.394. The van der Waals surface area contributed by atoms with Crippen LogP contribution in [0.4, 0.5) is 0 Å². The number of aromatic nitrogens is 2. The summed E-state index contributed by atoms with van der Waals surface area (Å²) in [5.41, 5.74) is 5.46. The van der Waals surface area contributed by atoms with E-state index in [0.29, 0.717) is 18.0 Å². The van der Waals surface area contributed by atoms with Gasteiger partial charge in [-0.25, -0.2) is 4.98 Å². The van der Waals surface area contributed by atoms with Crippen molar-refractivity contribution in [2.45, 2.75) is 71.8 Å². The van der Waals surface area contributed by atoms with Gasteiger partial charge in [0.1, 0.15) is 11.6 Å². The maximum atomic E-state index is 12.3. The third kappa shape index (κ3) is 8.18. The average Bonchev–Trinajstić information content (AvgIpc) is 3.27. The number of benzene rings is 3. The Morgan fingerprint density at radius 2 is 1.77 bits per heavy atom. The molecule has 1 aromatic heterocycles. The molecule has 206 valence electrons. The van der Waals surface area contributed by atoms with Crippen molar-refractivity contribution in [3.8, 4) is 5.75 Å². The zero-order chi connectivity index (χ0) is 27.6. The van der Waals surface area contributed by atoms with Crippen LogP contribution in [0.15, 0.2) is 71.2 Å². The van der Waals surface area contributed by atoms with E-state index in [1.54, 1.807) is 0 Å². The Labute approximate surface area is 241 Å². The highest BCUT2D eigenvalue weighted by Gasteiger charge is 2.11. The molecule has 0 unspecified atom stereocenters. The monoisotopic (exact) mass is 589 g/mol. The van der Waals surface area contributed by atoms with Crippen LogP contribution in [0.2, 0.25) is 0 Å². The molecule has 0 fully saturated rings. The Balaban J connectivity index is 1.24. The van der Waals surface area contributed by atoms with E-state index in [-0.39, 0.29) is 5.91 Å². The summed E-state index contributed by atoms with van der Waals surface area (Å²) in [7, 11) is 0. The third-order valence-corrected chi connectivity index (χ3v) is 7.56. The molecule has 0 saturated heterocycles. The fourth-order valence-electron chi connectivity index (χ4n) is 4.85. The van der Waals surface area contributed by atoms with Crippen LogP contribution in [0.25, 0.3) is 11.0 Å². The van der Waals surface area contributed by atoms with Crippen LogP contribution in [-0.2, 0) is 13.0 Å². The number of nitrogens with zero attached hydrogens (tertiary/aromatic N) is 2. The molecule has 1 N–H and O–H groups in total. The molecule has 39 heavy (non-hydrogen) atoms. The topological polar surface area (TPSA) is 56.1 Å². The van der Waals surface area contributed by atoms with Crippen molar-refractivity contribution >= 4 is 32.9 Å². The highest BCUT2D eigenvalue weighted by Crippen LogP contribution is 2.28. The van der Waals surface area contributed by atoms with Crippen LogP contribution in [-0.4, -0.2) is 28.6 Å². The molecule has 0 saturated carbocycles. The lowest BCUT2D eigenvalue weighted by Gasteiger charge is -2.15. The minimum absolute atomic E-state index is 0.0175. The standard InChI is InChI=1S/C33H40BrN3O2/c1-24(2)28-19-14-25(3)23-31(28)39-22-10-9-21-37-30-12-7-6-11-29(30)36-32(37)13-5-4-8-20-35-33(38)26-15-17-27(34)18-16-26/h6-7,11-12,14-19,23-24H,4-5,8-10,13,20-22H2,1-3H3,(H,35,38). The van der Waals surface area contributed by atoms with Gasteiger partial charge >= 0.3 is 0 Å². The Morgan fingerprint density at radius 3 is 2.56 bits per heavy atom. The molecule has 0 bridgehead atoms. The predicted molar refractivity (Wildman–Crippen MR) is 164 cm³/mol.